The van der Waals surface area contributed by atoms with Crippen LogP contribution in [0.4, 0.5) is 0 Å². The van der Waals surface area contributed by atoms with Crippen molar-refractivity contribution in [2.24, 2.45) is 23.7 Å². The standard InChI is InChI=1S/C12H20/c1-5-6-11-7-10(4)8-12(11)9(2)3/h1,9-12H,6-8H2,2-4H3. The van der Waals surface area contributed by atoms with Gasteiger partial charge in [-0.25, -0.2) is 0 Å². The van der Waals surface area contributed by atoms with E-state index in [1.807, 2.05) is 0 Å². The minimum Gasteiger partial charge on any atom is -0.120 e. The van der Waals surface area contributed by atoms with Crippen molar-refractivity contribution in [3.8, 4) is 12.3 Å². The zero-order valence-electron chi connectivity index (χ0n) is 8.51. The van der Waals surface area contributed by atoms with Gasteiger partial charge in [0.15, 0.2) is 0 Å². The molecule has 0 aliphatic heterocycles. The molecule has 0 heteroatoms. The van der Waals surface area contributed by atoms with Gasteiger partial charge < -0.3 is 0 Å². The Kier molecular flexibility index (Phi) is 3.20. The lowest BCUT2D eigenvalue weighted by Gasteiger charge is -2.20. The molecule has 1 rings (SSSR count). The van der Waals surface area contributed by atoms with Crippen molar-refractivity contribution >= 4 is 0 Å². The first-order chi connectivity index (χ1) is 5.65. The van der Waals surface area contributed by atoms with Gasteiger partial charge in [0.25, 0.3) is 0 Å². The van der Waals surface area contributed by atoms with Crippen molar-refractivity contribution in [1.82, 2.24) is 0 Å². The summed E-state index contributed by atoms with van der Waals surface area (Å²) in [6.45, 7) is 7.00. The Hall–Kier alpha value is -0.440. The van der Waals surface area contributed by atoms with Gasteiger partial charge in [0.05, 0.1) is 0 Å². The van der Waals surface area contributed by atoms with Crippen LogP contribution in [0.3, 0.4) is 0 Å². The zero-order chi connectivity index (χ0) is 9.14. The van der Waals surface area contributed by atoms with Crippen LogP contribution in [0.25, 0.3) is 0 Å². The normalized spacial score (nSPS) is 35.4. The molecule has 1 aliphatic carbocycles. The first-order valence-electron chi connectivity index (χ1n) is 5.08. The predicted octanol–water partition coefficient (Wildman–Crippen LogP) is 3.33. The molecule has 3 unspecified atom stereocenters. The van der Waals surface area contributed by atoms with E-state index in [0.717, 1.165) is 30.1 Å². The van der Waals surface area contributed by atoms with Gasteiger partial charge >= 0.3 is 0 Å². The van der Waals surface area contributed by atoms with E-state index < -0.39 is 0 Å². The topological polar surface area (TPSA) is 0 Å². The fraction of sp³-hybridized carbons (Fsp3) is 0.833. The van der Waals surface area contributed by atoms with Crippen LogP contribution in [0, 0.1) is 36.0 Å². The van der Waals surface area contributed by atoms with Crippen molar-refractivity contribution in [3.63, 3.8) is 0 Å². The summed E-state index contributed by atoms with van der Waals surface area (Å²) in [4.78, 5) is 0. The lowest BCUT2D eigenvalue weighted by atomic mass is 9.84. The molecule has 0 nitrogen and oxygen atoms in total. The van der Waals surface area contributed by atoms with Crippen molar-refractivity contribution in [1.29, 1.82) is 0 Å². The van der Waals surface area contributed by atoms with Gasteiger partial charge in [-0.1, -0.05) is 20.8 Å². The number of hydrogen-bond donors (Lipinski definition) is 0. The molecule has 0 heterocycles. The smallest absolute Gasteiger partial charge is 0.0117 e. The van der Waals surface area contributed by atoms with Gasteiger partial charge in [-0.05, 0) is 36.5 Å². The Bertz CT molecular complexity index is 173. The van der Waals surface area contributed by atoms with E-state index in [1.165, 1.54) is 12.8 Å². The third-order valence-corrected chi connectivity index (χ3v) is 3.22. The molecule has 0 amide bonds. The maximum Gasteiger partial charge on any atom is 0.0117 e. The maximum atomic E-state index is 5.37. The van der Waals surface area contributed by atoms with Gasteiger partial charge in [-0.2, -0.15) is 0 Å². The Morgan fingerprint density at radius 2 is 2.08 bits per heavy atom. The summed E-state index contributed by atoms with van der Waals surface area (Å²) in [6.07, 6.45) is 9.11. The molecule has 0 aromatic rings. The van der Waals surface area contributed by atoms with Crippen LogP contribution in [-0.2, 0) is 0 Å². The molecule has 0 radical (unpaired) electrons. The van der Waals surface area contributed by atoms with Crippen LogP contribution >= 0.6 is 0 Å². The summed E-state index contributed by atoms with van der Waals surface area (Å²) in [6, 6.07) is 0. The van der Waals surface area contributed by atoms with Gasteiger partial charge in [0.2, 0.25) is 0 Å². The maximum absolute atomic E-state index is 5.37. The monoisotopic (exact) mass is 164 g/mol. The van der Waals surface area contributed by atoms with E-state index in [1.54, 1.807) is 0 Å². The van der Waals surface area contributed by atoms with Crippen LogP contribution in [0.15, 0.2) is 0 Å². The van der Waals surface area contributed by atoms with Crippen molar-refractivity contribution in [2.45, 2.75) is 40.0 Å². The summed E-state index contributed by atoms with van der Waals surface area (Å²) in [5.74, 6) is 6.22. The molecule has 0 saturated heterocycles. The zero-order valence-corrected chi connectivity index (χ0v) is 8.51. The lowest BCUT2D eigenvalue weighted by molar-refractivity contribution is 0.299. The second-order valence-electron chi connectivity index (χ2n) is 4.65. The average Bonchev–Trinajstić information content (AvgIpc) is 2.32. The molecule has 1 saturated carbocycles. The minimum atomic E-state index is 0.810. The van der Waals surface area contributed by atoms with Crippen molar-refractivity contribution in [2.75, 3.05) is 0 Å². The molecule has 68 valence electrons. The molecular weight excluding hydrogens is 144 g/mol. The Labute approximate surface area is 76.7 Å². The second-order valence-corrected chi connectivity index (χ2v) is 4.65. The third-order valence-electron chi connectivity index (χ3n) is 3.22. The van der Waals surface area contributed by atoms with E-state index in [2.05, 4.69) is 26.7 Å². The Balaban J connectivity index is 2.54. The van der Waals surface area contributed by atoms with Crippen LogP contribution in [0.5, 0.6) is 0 Å². The molecule has 0 aromatic carbocycles. The van der Waals surface area contributed by atoms with E-state index in [-0.39, 0.29) is 0 Å². The molecule has 1 aliphatic rings. The average molecular weight is 164 g/mol. The summed E-state index contributed by atoms with van der Waals surface area (Å²) >= 11 is 0. The lowest BCUT2D eigenvalue weighted by Crippen LogP contribution is -2.13. The number of hydrogen-bond acceptors (Lipinski definition) is 0. The molecule has 3 atom stereocenters. The largest absolute Gasteiger partial charge is 0.120 e. The fourth-order valence-electron chi connectivity index (χ4n) is 2.65. The van der Waals surface area contributed by atoms with Crippen molar-refractivity contribution in [3.05, 3.63) is 0 Å². The minimum absolute atomic E-state index is 0.810. The molecular formula is C12H20. The van der Waals surface area contributed by atoms with E-state index in [4.69, 9.17) is 6.42 Å². The summed E-state index contributed by atoms with van der Waals surface area (Å²) in [7, 11) is 0. The van der Waals surface area contributed by atoms with Crippen LogP contribution in [-0.4, -0.2) is 0 Å². The molecule has 0 N–H and O–H groups in total. The SMILES string of the molecule is C#CCC1CC(C)CC1C(C)C. The Morgan fingerprint density at radius 1 is 1.42 bits per heavy atom. The first-order valence-corrected chi connectivity index (χ1v) is 5.08. The predicted molar refractivity (Wildman–Crippen MR) is 53.7 cm³/mol. The van der Waals surface area contributed by atoms with Crippen LogP contribution in [0.1, 0.15) is 40.0 Å². The highest BCUT2D eigenvalue weighted by molar-refractivity contribution is 4.93. The highest BCUT2D eigenvalue weighted by atomic mass is 14.4. The van der Waals surface area contributed by atoms with E-state index >= 15 is 0 Å². The van der Waals surface area contributed by atoms with Crippen molar-refractivity contribution < 1.29 is 0 Å². The summed E-state index contributed by atoms with van der Waals surface area (Å²) in [5, 5.41) is 0. The van der Waals surface area contributed by atoms with Crippen LogP contribution in [0.2, 0.25) is 0 Å². The quantitative estimate of drug-likeness (QED) is 0.549. The third kappa shape index (κ3) is 2.03. The van der Waals surface area contributed by atoms with Crippen LogP contribution < -0.4 is 0 Å². The number of rotatable bonds is 2. The fourth-order valence-corrected chi connectivity index (χ4v) is 2.65. The molecule has 0 aromatic heterocycles. The summed E-state index contributed by atoms with van der Waals surface area (Å²) in [5.41, 5.74) is 0. The second kappa shape index (κ2) is 3.99. The molecule has 0 bridgehead atoms. The molecule has 0 spiro atoms. The molecule has 12 heavy (non-hydrogen) atoms. The molecule has 1 fully saturated rings. The first kappa shape index (κ1) is 9.65. The van der Waals surface area contributed by atoms with Gasteiger partial charge in [-0.15, -0.1) is 12.3 Å². The highest BCUT2D eigenvalue weighted by Crippen LogP contribution is 2.41. The number of terminal acetylenes is 1. The van der Waals surface area contributed by atoms with E-state index in [0.29, 0.717) is 0 Å². The van der Waals surface area contributed by atoms with Gasteiger partial charge in [-0.3, -0.25) is 0 Å². The van der Waals surface area contributed by atoms with E-state index in [9.17, 15) is 0 Å². The highest BCUT2D eigenvalue weighted by Gasteiger charge is 2.32. The summed E-state index contributed by atoms with van der Waals surface area (Å²) < 4.78 is 0. The van der Waals surface area contributed by atoms with Gasteiger partial charge in [0.1, 0.15) is 0 Å². The van der Waals surface area contributed by atoms with Gasteiger partial charge in [0, 0.05) is 6.42 Å². The Morgan fingerprint density at radius 3 is 2.58 bits per heavy atom.